The fourth-order valence-corrected chi connectivity index (χ4v) is 4.35. The quantitative estimate of drug-likeness (QED) is 0.796. The number of ether oxygens (including phenoxy) is 1. The van der Waals surface area contributed by atoms with Crippen LogP contribution in [0, 0.1) is 0 Å². The normalized spacial score (nSPS) is 25.0. The summed E-state index contributed by atoms with van der Waals surface area (Å²) in [7, 11) is 0. The van der Waals surface area contributed by atoms with Crippen molar-refractivity contribution in [3.63, 3.8) is 0 Å². The van der Waals surface area contributed by atoms with Gasteiger partial charge in [-0.05, 0) is 36.4 Å². The molecule has 0 bridgehead atoms. The van der Waals surface area contributed by atoms with Crippen molar-refractivity contribution in [2.75, 3.05) is 13.1 Å². The molecule has 1 unspecified atom stereocenters. The molecule has 21 heavy (non-hydrogen) atoms. The molecule has 0 radical (unpaired) electrons. The third-order valence-electron chi connectivity index (χ3n) is 4.41. The molecule has 3 nitrogen and oxygen atoms in total. The molecular weight excluding hydrogens is 282 g/mol. The van der Waals surface area contributed by atoms with Crippen molar-refractivity contribution in [3.8, 4) is 0 Å². The Morgan fingerprint density at radius 1 is 1.24 bits per heavy atom. The van der Waals surface area contributed by atoms with Crippen LogP contribution in [0.25, 0.3) is 0 Å². The summed E-state index contributed by atoms with van der Waals surface area (Å²) in [5.41, 5.74) is 2.01. The smallest absolute Gasteiger partial charge is 0.349 e. The van der Waals surface area contributed by atoms with Crippen molar-refractivity contribution in [2.24, 2.45) is 0 Å². The van der Waals surface area contributed by atoms with E-state index in [0.717, 1.165) is 42.9 Å². The number of carbonyl (C=O) groups is 1. The van der Waals surface area contributed by atoms with Gasteiger partial charge in [0, 0.05) is 18.7 Å². The van der Waals surface area contributed by atoms with Gasteiger partial charge in [-0.2, -0.15) is 0 Å². The summed E-state index contributed by atoms with van der Waals surface area (Å²) in [5, 5.41) is 2.00. The summed E-state index contributed by atoms with van der Waals surface area (Å²) in [5.74, 6) is -0.137. The van der Waals surface area contributed by atoms with Crippen LogP contribution in [0.5, 0.6) is 0 Å². The van der Waals surface area contributed by atoms with Gasteiger partial charge in [0.15, 0.2) is 5.60 Å². The summed E-state index contributed by atoms with van der Waals surface area (Å²) < 4.78 is 5.80. The third-order valence-corrected chi connectivity index (χ3v) is 5.31. The van der Waals surface area contributed by atoms with Crippen LogP contribution in [0.2, 0.25) is 0 Å². The SMILES string of the molecule is O=C1OC2(CCCN(Cc3ccccc3)C2)c2ccsc21. The van der Waals surface area contributed by atoms with Crippen molar-refractivity contribution < 1.29 is 9.53 Å². The molecule has 3 heterocycles. The summed E-state index contributed by atoms with van der Waals surface area (Å²) in [6.07, 6.45) is 2.00. The highest BCUT2D eigenvalue weighted by atomic mass is 32.1. The van der Waals surface area contributed by atoms with E-state index >= 15 is 0 Å². The minimum Gasteiger partial charge on any atom is -0.449 e. The molecule has 0 amide bonds. The molecule has 4 heteroatoms. The first kappa shape index (κ1) is 13.0. The summed E-state index contributed by atoms with van der Waals surface area (Å²) >= 11 is 1.50. The minimum absolute atomic E-state index is 0.137. The Morgan fingerprint density at radius 3 is 2.95 bits per heavy atom. The zero-order valence-electron chi connectivity index (χ0n) is 11.7. The first-order valence-electron chi connectivity index (χ1n) is 7.34. The second-order valence-corrected chi connectivity index (χ2v) is 6.76. The van der Waals surface area contributed by atoms with E-state index in [1.807, 2.05) is 11.4 Å². The van der Waals surface area contributed by atoms with E-state index in [1.165, 1.54) is 16.9 Å². The van der Waals surface area contributed by atoms with Crippen LogP contribution in [-0.4, -0.2) is 24.0 Å². The highest BCUT2D eigenvalue weighted by Crippen LogP contribution is 2.45. The monoisotopic (exact) mass is 299 g/mol. The molecule has 1 aromatic heterocycles. The van der Waals surface area contributed by atoms with Crippen LogP contribution in [-0.2, 0) is 16.9 Å². The Balaban J connectivity index is 1.58. The van der Waals surface area contributed by atoms with Gasteiger partial charge in [-0.1, -0.05) is 30.3 Å². The number of carbonyl (C=O) groups excluding carboxylic acids is 1. The Hall–Kier alpha value is -1.65. The van der Waals surface area contributed by atoms with E-state index in [9.17, 15) is 4.79 Å². The van der Waals surface area contributed by atoms with E-state index < -0.39 is 5.60 Å². The zero-order valence-corrected chi connectivity index (χ0v) is 12.6. The molecule has 1 saturated heterocycles. The van der Waals surface area contributed by atoms with Crippen LogP contribution in [0.15, 0.2) is 41.8 Å². The average Bonchev–Trinajstić information content (AvgIpc) is 3.06. The van der Waals surface area contributed by atoms with E-state index in [-0.39, 0.29) is 5.97 Å². The fraction of sp³-hybridized carbons (Fsp3) is 0.353. The predicted molar refractivity (Wildman–Crippen MR) is 82.4 cm³/mol. The van der Waals surface area contributed by atoms with Crippen molar-refractivity contribution in [1.82, 2.24) is 4.90 Å². The maximum atomic E-state index is 12.0. The molecule has 2 aliphatic rings. The maximum Gasteiger partial charge on any atom is 0.349 e. The molecule has 0 aliphatic carbocycles. The number of hydrogen-bond acceptors (Lipinski definition) is 4. The van der Waals surface area contributed by atoms with Gasteiger partial charge in [0.05, 0.1) is 0 Å². The summed E-state index contributed by atoms with van der Waals surface area (Å²) in [6.45, 7) is 2.78. The average molecular weight is 299 g/mol. The molecule has 2 aliphatic heterocycles. The van der Waals surface area contributed by atoms with Gasteiger partial charge in [0.1, 0.15) is 4.88 Å². The van der Waals surface area contributed by atoms with Gasteiger partial charge >= 0.3 is 5.97 Å². The number of hydrogen-bond donors (Lipinski definition) is 0. The Morgan fingerprint density at radius 2 is 2.10 bits per heavy atom. The zero-order chi connectivity index (χ0) is 14.3. The van der Waals surface area contributed by atoms with Gasteiger partial charge < -0.3 is 4.74 Å². The maximum absolute atomic E-state index is 12.0. The lowest BCUT2D eigenvalue weighted by molar-refractivity contribution is -0.0513. The first-order valence-corrected chi connectivity index (χ1v) is 8.22. The molecule has 1 fully saturated rings. The molecule has 0 saturated carbocycles. The number of rotatable bonds is 2. The number of thiophene rings is 1. The Kier molecular flexibility index (Phi) is 3.08. The van der Waals surface area contributed by atoms with Gasteiger partial charge in [0.2, 0.25) is 0 Å². The minimum atomic E-state index is -0.403. The molecule has 4 rings (SSSR count). The van der Waals surface area contributed by atoms with Crippen LogP contribution in [0.4, 0.5) is 0 Å². The number of likely N-dealkylation sites (tertiary alicyclic amines) is 1. The largest absolute Gasteiger partial charge is 0.449 e. The number of nitrogens with zero attached hydrogens (tertiary/aromatic N) is 1. The van der Waals surface area contributed by atoms with Gasteiger partial charge in [-0.15, -0.1) is 11.3 Å². The Labute approximate surface area is 128 Å². The second kappa shape index (κ2) is 4.97. The third kappa shape index (κ3) is 2.19. The number of benzene rings is 1. The fourth-order valence-electron chi connectivity index (χ4n) is 3.49. The van der Waals surface area contributed by atoms with Gasteiger partial charge in [-0.25, -0.2) is 4.79 Å². The topological polar surface area (TPSA) is 29.5 Å². The van der Waals surface area contributed by atoms with Crippen molar-refractivity contribution >= 4 is 17.3 Å². The van der Waals surface area contributed by atoms with E-state index in [1.54, 1.807) is 0 Å². The van der Waals surface area contributed by atoms with E-state index in [2.05, 4.69) is 35.2 Å². The number of esters is 1. The van der Waals surface area contributed by atoms with Crippen molar-refractivity contribution in [3.05, 3.63) is 57.8 Å². The molecule has 1 aromatic carbocycles. The predicted octanol–water partition coefficient (Wildman–Crippen LogP) is 3.41. The first-order chi connectivity index (χ1) is 10.3. The van der Waals surface area contributed by atoms with Gasteiger partial charge in [-0.3, -0.25) is 4.90 Å². The second-order valence-electron chi connectivity index (χ2n) is 5.85. The Bertz CT molecular complexity index is 666. The lowest BCUT2D eigenvalue weighted by Gasteiger charge is -2.39. The van der Waals surface area contributed by atoms with Gasteiger partial charge in [0.25, 0.3) is 0 Å². The van der Waals surface area contributed by atoms with Crippen LogP contribution >= 0.6 is 11.3 Å². The van der Waals surface area contributed by atoms with E-state index in [4.69, 9.17) is 4.74 Å². The lowest BCUT2D eigenvalue weighted by Crippen LogP contribution is -2.45. The highest BCUT2D eigenvalue weighted by Gasteiger charge is 2.48. The van der Waals surface area contributed by atoms with Crippen LogP contribution in [0.1, 0.15) is 33.6 Å². The summed E-state index contributed by atoms with van der Waals surface area (Å²) in [6, 6.07) is 12.5. The number of piperidine rings is 1. The van der Waals surface area contributed by atoms with Crippen LogP contribution < -0.4 is 0 Å². The molecule has 0 N–H and O–H groups in total. The van der Waals surface area contributed by atoms with E-state index in [0.29, 0.717) is 0 Å². The van der Waals surface area contributed by atoms with Crippen LogP contribution in [0.3, 0.4) is 0 Å². The van der Waals surface area contributed by atoms with Crippen molar-refractivity contribution in [1.29, 1.82) is 0 Å². The molecule has 1 atom stereocenters. The standard InChI is InChI=1S/C17H17NO2S/c19-16-15-14(7-10-21-15)17(20-16)8-4-9-18(12-17)11-13-5-2-1-3-6-13/h1-3,5-7,10H,4,8-9,11-12H2. The number of fused-ring (bicyclic) bond motifs is 2. The summed E-state index contributed by atoms with van der Waals surface area (Å²) in [4.78, 5) is 15.2. The molecular formula is C17H17NO2S. The highest BCUT2D eigenvalue weighted by molar-refractivity contribution is 7.12. The van der Waals surface area contributed by atoms with Crippen molar-refractivity contribution in [2.45, 2.75) is 25.0 Å². The molecule has 2 aromatic rings. The molecule has 108 valence electrons. The lowest BCUT2D eigenvalue weighted by atomic mass is 9.87. The molecule has 1 spiro atoms.